The summed E-state index contributed by atoms with van der Waals surface area (Å²) in [5, 5.41) is 1.08. The highest BCUT2D eigenvalue weighted by Crippen LogP contribution is 2.27. The second-order valence-corrected chi connectivity index (χ2v) is 4.32. The molecule has 0 amide bonds. The van der Waals surface area contributed by atoms with E-state index in [1.807, 2.05) is 12.1 Å². The van der Waals surface area contributed by atoms with Crippen LogP contribution in [0.3, 0.4) is 0 Å². The molecule has 2 rings (SSSR count). The lowest BCUT2D eigenvalue weighted by atomic mass is 10.3. The van der Waals surface area contributed by atoms with Gasteiger partial charge in [-0.15, -0.1) is 11.3 Å². The fraction of sp³-hybridized carbons (Fsp3) is 0.300. The third-order valence-corrected chi connectivity index (χ3v) is 2.98. The zero-order chi connectivity index (χ0) is 9.97. The van der Waals surface area contributed by atoms with Crippen LogP contribution in [-0.4, -0.2) is 11.5 Å². The molecule has 0 radical (unpaired) electrons. The Morgan fingerprint density at radius 1 is 1.57 bits per heavy atom. The number of aromatic nitrogens is 1. The van der Waals surface area contributed by atoms with Gasteiger partial charge >= 0.3 is 0 Å². The highest BCUT2D eigenvalue weighted by Gasteiger charge is 2.10. The third kappa shape index (κ3) is 1.71. The predicted octanol–water partition coefficient (Wildman–Crippen LogP) is 2.21. The van der Waals surface area contributed by atoms with E-state index in [-0.39, 0.29) is 0 Å². The molecule has 0 aliphatic rings. The Morgan fingerprint density at radius 3 is 3.07 bits per heavy atom. The van der Waals surface area contributed by atoms with E-state index in [2.05, 4.69) is 11.9 Å². The molecule has 2 N–H and O–H groups in total. The van der Waals surface area contributed by atoms with Crippen molar-refractivity contribution in [2.24, 2.45) is 5.73 Å². The van der Waals surface area contributed by atoms with Crippen molar-refractivity contribution in [1.82, 2.24) is 4.98 Å². The van der Waals surface area contributed by atoms with E-state index < -0.39 is 0 Å². The van der Waals surface area contributed by atoms with Crippen molar-refractivity contribution in [3.63, 3.8) is 0 Å². The number of nitrogens with two attached hydrogens (primary N) is 1. The molecule has 74 valence electrons. The lowest BCUT2D eigenvalue weighted by Gasteiger charge is -1.90. The summed E-state index contributed by atoms with van der Waals surface area (Å²) in [5.41, 5.74) is 6.43. The molecule has 0 spiro atoms. The monoisotopic (exact) mass is 208 g/mol. The van der Waals surface area contributed by atoms with Crippen LogP contribution in [0.5, 0.6) is 0 Å². The van der Waals surface area contributed by atoms with Gasteiger partial charge in [0, 0.05) is 11.3 Å². The fourth-order valence-electron chi connectivity index (χ4n) is 1.32. The van der Waals surface area contributed by atoms with Crippen molar-refractivity contribution in [3.05, 3.63) is 28.3 Å². The Labute approximate surface area is 86.6 Å². The maximum absolute atomic E-state index is 5.48. The Hall–Kier alpha value is -1.13. The van der Waals surface area contributed by atoms with Crippen molar-refractivity contribution in [2.75, 3.05) is 6.54 Å². The van der Waals surface area contributed by atoms with Crippen LogP contribution < -0.4 is 5.73 Å². The van der Waals surface area contributed by atoms with E-state index in [0.717, 1.165) is 22.9 Å². The Bertz CT molecular complexity index is 406. The zero-order valence-corrected chi connectivity index (χ0v) is 8.80. The lowest BCUT2D eigenvalue weighted by molar-refractivity contribution is 0.580. The van der Waals surface area contributed by atoms with Gasteiger partial charge in [-0.05, 0) is 25.6 Å². The molecule has 2 heterocycles. The normalized spacial score (nSPS) is 10.7. The molecule has 0 bridgehead atoms. The standard InChI is InChI=1S/C10H12N2OS/c1-7-10(8-3-2-6-13-8)12-9(14-7)4-5-11/h2-3,6H,4-5,11H2,1H3. The molecule has 0 unspecified atom stereocenters. The van der Waals surface area contributed by atoms with Gasteiger partial charge in [0.25, 0.3) is 0 Å². The molecule has 14 heavy (non-hydrogen) atoms. The van der Waals surface area contributed by atoms with E-state index in [1.54, 1.807) is 17.6 Å². The minimum absolute atomic E-state index is 0.643. The minimum Gasteiger partial charge on any atom is -0.463 e. The summed E-state index contributed by atoms with van der Waals surface area (Å²) in [5.74, 6) is 0.835. The first-order valence-corrected chi connectivity index (χ1v) is 5.33. The number of furan rings is 1. The maximum Gasteiger partial charge on any atom is 0.153 e. The highest BCUT2D eigenvalue weighted by molar-refractivity contribution is 7.12. The number of hydrogen-bond acceptors (Lipinski definition) is 4. The number of hydrogen-bond donors (Lipinski definition) is 1. The van der Waals surface area contributed by atoms with Crippen LogP contribution in [0.1, 0.15) is 9.88 Å². The van der Waals surface area contributed by atoms with Gasteiger partial charge in [0.1, 0.15) is 5.69 Å². The number of aryl methyl sites for hydroxylation is 1. The molecule has 0 aliphatic heterocycles. The summed E-state index contributed by atoms with van der Waals surface area (Å²) in [6.45, 7) is 2.69. The van der Waals surface area contributed by atoms with Crippen molar-refractivity contribution >= 4 is 11.3 Å². The molecule has 0 atom stereocenters. The summed E-state index contributed by atoms with van der Waals surface area (Å²) < 4.78 is 5.30. The molecule has 3 nitrogen and oxygen atoms in total. The lowest BCUT2D eigenvalue weighted by Crippen LogP contribution is -2.01. The van der Waals surface area contributed by atoms with E-state index in [4.69, 9.17) is 10.2 Å². The van der Waals surface area contributed by atoms with Gasteiger partial charge in [-0.2, -0.15) is 0 Å². The van der Waals surface area contributed by atoms with Gasteiger partial charge in [0.15, 0.2) is 5.76 Å². The van der Waals surface area contributed by atoms with Gasteiger partial charge in [-0.1, -0.05) is 0 Å². The maximum atomic E-state index is 5.48. The molecule has 2 aromatic rings. The van der Waals surface area contributed by atoms with Crippen molar-refractivity contribution in [3.8, 4) is 11.5 Å². The fourth-order valence-corrected chi connectivity index (χ4v) is 2.28. The van der Waals surface area contributed by atoms with Gasteiger partial charge in [-0.3, -0.25) is 0 Å². The smallest absolute Gasteiger partial charge is 0.153 e. The van der Waals surface area contributed by atoms with Crippen molar-refractivity contribution in [1.29, 1.82) is 0 Å². The molecule has 0 aromatic carbocycles. The number of thiazole rings is 1. The molecular weight excluding hydrogens is 196 g/mol. The zero-order valence-electron chi connectivity index (χ0n) is 7.99. The molecule has 2 aromatic heterocycles. The van der Waals surface area contributed by atoms with Crippen LogP contribution >= 0.6 is 11.3 Å². The second-order valence-electron chi connectivity index (χ2n) is 3.03. The quantitative estimate of drug-likeness (QED) is 0.841. The van der Waals surface area contributed by atoms with Crippen molar-refractivity contribution < 1.29 is 4.42 Å². The molecule has 0 saturated heterocycles. The van der Waals surface area contributed by atoms with Gasteiger partial charge in [0.2, 0.25) is 0 Å². The predicted molar refractivity (Wildman–Crippen MR) is 57.3 cm³/mol. The van der Waals surface area contributed by atoms with Crippen LogP contribution in [0.25, 0.3) is 11.5 Å². The summed E-state index contributed by atoms with van der Waals surface area (Å²) in [6.07, 6.45) is 2.50. The number of rotatable bonds is 3. The Morgan fingerprint density at radius 2 is 2.43 bits per heavy atom. The second kappa shape index (κ2) is 3.94. The minimum atomic E-state index is 0.643. The Kier molecular flexibility index (Phi) is 2.65. The summed E-state index contributed by atoms with van der Waals surface area (Å²) in [4.78, 5) is 5.67. The van der Waals surface area contributed by atoms with E-state index in [9.17, 15) is 0 Å². The molecule has 0 fully saturated rings. The molecular formula is C10H12N2OS. The topological polar surface area (TPSA) is 52.0 Å². The first-order chi connectivity index (χ1) is 6.81. The van der Waals surface area contributed by atoms with E-state index in [0.29, 0.717) is 6.54 Å². The first-order valence-electron chi connectivity index (χ1n) is 4.51. The van der Waals surface area contributed by atoms with Crippen LogP contribution in [0.4, 0.5) is 0 Å². The van der Waals surface area contributed by atoms with Gasteiger partial charge in [0.05, 0.1) is 11.3 Å². The average molecular weight is 208 g/mol. The van der Waals surface area contributed by atoms with Gasteiger partial charge in [-0.25, -0.2) is 4.98 Å². The SMILES string of the molecule is Cc1sc(CCN)nc1-c1ccco1. The summed E-state index contributed by atoms with van der Waals surface area (Å²) in [7, 11) is 0. The average Bonchev–Trinajstić information content (AvgIpc) is 2.74. The van der Waals surface area contributed by atoms with E-state index >= 15 is 0 Å². The third-order valence-electron chi connectivity index (χ3n) is 1.95. The largest absolute Gasteiger partial charge is 0.463 e. The van der Waals surface area contributed by atoms with Crippen LogP contribution in [0, 0.1) is 6.92 Å². The number of nitrogens with zero attached hydrogens (tertiary/aromatic N) is 1. The van der Waals surface area contributed by atoms with Crippen LogP contribution in [-0.2, 0) is 6.42 Å². The first kappa shape index (κ1) is 9.43. The molecule has 0 saturated carbocycles. The summed E-state index contributed by atoms with van der Waals surface area (Å²) in [6, 6.07) is 3.80. The van der Waals surface area contributed by atoms with Crippen LogP contribution in [0.2, 0.25) is 0 Å². The molecule has 0 aliphatic carbocycles. The van der Waals surface area contributed by atoms with Crippen LogP contribution in [0.15, 0.2) is 22.8 Å². The highest BCUT2D eigenvalue weighted by atomic mass is 32.1. The van der Waals surface area contributed by atoms with Gasteiger partial charge < -0.3 is 10.2 Å². The molecule has 4 heteroatoms. The Balaban J connectivity index is 2.35. The van der Waals surface area contributed by atoms with Crippen molar-refractivity contribution in [2.45, 2.75) is 13.3 Å². The van der Waals surface area contributed by atoms with E-state index in [1.165, 1.54) is 4.88 Å². The summed E-state index contributed by atoms with van der Waals surface area (Å²) >= 11 is 1.69.